The zero-order valence-electron chi connectivity index (χ0n) is 9.23. The minimum atomic E-state index is 0.416. The average Bonchev–Trinajstić information content (AvgIpc) is 2.65. The molecule has 2 rings (SSSR count). The van der Waals surface area contributed by atoms with Crippen LogP contribution >= 0.6 is 0 Å². The molecular weight excluding hydrogens is 190 g/mol. The lowest BCUT2D eigenvalue weighted by Crippen LogP contribution is -2.18. The molecule has 0 aliphatic carbocycles. The van der Waals surface area contributed by atoms with Gasteiger partial charge in [-0.05, 0) is 38.6 Å². The zero-order valence-corrected chi connectivity index (χ0v) is 9.23. The van der Waals surface area contributed by atoms with E-state index in [1.165, 1.54) is 6.42 Å². The van der Waals surface area contributed by atoms with Gasteiger partial charge in [0.1, 0.15) is 0 Å². The van der Waals surface area contributed by atoms with Crippen LogP contribution in [0.2, 0.25) is 0 Å². The van der Waals surface area contributed by atoms with Crippen molar-refractivity contribution in [1.29, 1.82) is 0 Å². The zero-order chi connectivity index (χ0) is 10.8. The maximum atomic E-state index is 5.73. The second-order valence-corrected chi connectivity index (χ2v) is 3.97. The van der Waals surface area contributed by atoms with Crippen molar-refractivity contribution in [2.24, 2.45) is 0 Å². The second-order valence-electron chi connectivity index (χ2n) is 3.97. The summed E-state index contributed by atoms with van der Waals surface area (Å²) in [6, 6.07) is 4.27. The Hall–Kier alpha value is -1.29. The molecule has 0 saturated carbocycles. The molecule has 1 aliphatic rings. The van der Waals surface area contributed by atoms with E-state index in [0.717, 1.165) is 18.7 Å². The van der Waals surface area contributed by atoms with Gasteiger partial charge in [-0.25, -0.2) is 4.98 Å². The lowest BCUT2D eigenvalue weighted by molar-refractivity contribution is 0.308. The van der Waals surface area contributed by atoms with Crippen LogP contribution in [0.15, 0.2) is 12.1 Å². The van der Waals surface area contributed by atoms with E-state index >= 15 is 0 Å². The number of methoxy groups -OCH3 is 1. The fraction of sp³-hybridized carbons (Fsp3) is 0.545. The van der Waals surface area contributed by atoms with E-state index in [0.29, 0.717) is 17.6 Å². The Morgan fingerprint density at radius 3 is 2.93 bits per heavy atom. The molecule has 1 aromatic rings. The van der Waals surface area contributed by atoms with E-state index < -0.39 is 0 Å². The number of pyridine rings is 1. The first-order valence-corrected chi connectivity index (χ1v) is 5.23. The van der Waals surface area contributed by atoms with Gasteiger partial charge in [0.2, 0.25) is 5.88 Å². The molecule has 0 radical (unpaired) electrons. The third kappa shape index (κ3) is 1.90. The van der Waals surface area contributed by atoms with Crippen LogP contribution in [0.4, 0.5) is 5.69 Å². The van der Waals surface area contributed by atoms with E-state index in [4.69, 9.17) is 10.5 Å². The number of rotatable bonds is 2. The maximum Gasteiger partial charge on any atom is 0.237 e. The van der Waals surface area contributed by atoms with Gasteiger partial charge in [-0.1, -0.05) is 0 Å². The number of nitrogens with zero attached hydrogens (tertiary/aromatic N) is 2. The van der Waals surface area contributed by atoms with Gasteiger partial charge >= 0.3 is 0 Å². The van der Waals surface area contributed by atoms with Crippen LogP contribution in [0, 0.1) is 0 Å². The number of aromatic nitrogens is 1. The van der Waals surface area contributed by atoms with E-state index in [1.54, 1.807) is 7.11 Å². The van der Waals surface area contributed by atoms with Crippen molar-refractivity contribution >= 4 is 5.69 Å². The van der Waals surface area contributed by atoms with Gasteiger partial charge in [0.05, 0.1) is 24.5 Å². The van der Waals surface area contributed by atoms with Gasteiger partial charge in [-0.15, -0.1) is 0 Å². The second kappa shape index (κ2) is 4.06. The van der Waals surface area contributed by atoms with Crippen molar-refractivity contribution in [2.75, 3.05) is 26.4 Å². The van der Waals surface area contributed by atoms with Gasteiger partial charge < -0.3 is 10.5 Å². The van der Waals surface area contributed by atoms with Crippen molar-refractivity contribution in [3.05, 3.63) is 17.8 Å². The lowest BCUT2D eigenvalue weighted by atomic mass is 10.1. The quantitative estimate of drug-likeness (QED) is 0.797. The standard InChI is InChI=1S/C11H17N3O/c1-14-7-3-4-10(14)9-6-5-8(12)11(13-9)15-2/h5-6,10H,3-4,7,12H2,1-2H3. The van der Waals surface area contributed by atoms with Crippen molar-refractivity contribution < 1.29 is 4.74 Å². The number of nitrogen functional groups attached to an aromatic ring is 1. The van der Waals surface area contributed by atoms with Gasteiger partial charge in [-0.2, -0.15) is 0 Å². The highest BCUT2D eigenvalue weighted by molar-refractivity contribution is 5.48. The Balaban J connectivity index is 2.28. The SMILES string of the molecule is COc1nc(C2CCCN2C)ccc1N. The Bertz CT molecular complexity index is 354. The summed E-state index contributed by atoms with van der Waals surface area (Å²) in [5, 5.41) is 0. The van der Waals surface area contributed by atoms with Gasteiger partial charge in [-0.3, -0.25) is 4.90 Å². The summed E-state index contributed by atoms with van der Waals surface area (Å²) in [5.41, 5.74) is 7.39. The highest BCUT2D eigenvalue weighted by atomic mass is 16.5. The van der Waals surface area contributed by atoms with Crippen LogP contribution in [0.1, 0.15) is 24.6 Å². The minimum absolute atomic E-state index is 0.416. The molecule has 4 nitrogen and oxygen atoms in total. The molecule has 1 fully saturated rings. The summed E-state index contributed by atoms with van der Waals surface area (Å²) in [5.74, 6) is 0.535. The highest BCUT2D eigenvalue weighted by Crippen LogP contribution is 2.31. The smallest absolute Gasteiger partial charge is 0.237 e. The lowest BCUT2D eigenvalue weighted by Gasteiger charge is -2.19. The van der Waals surface area contributed by atoms with Crippen molar-refractivity contribution in [3.8, 4) is 5.88 Å². The molecule has 0 bridgehead atoms. The molecule has 0 amide bonds. The predicted molar refractivity (Wildman–Crippen MR) is 59.8 cm³/mol. The summed E-state index contributed by atoms with van der Waals surface area (Å²) in [4.78, 5) is 6.75. The van der Waals surface area contributed by atoms with Crippen molar-refractivity contribution in [2.45, 2.75) is 18.9 Å². The molecule has 0 aromatic carbocycles. The fourth-order valence-electron chi connectivity index (χ4n) is 2.10. The molecule has 1 aliphatic heterocycles. The normalized spacial score (nSPS) is 21.9. The summed E-state index contributed by atoms with van der Waals surface area (Å²) in [7, 11) is 3.73. The maximum absolute atomic E-state index is 5.73. The van der Waals surface area contributed by atoms with Crippen LogP contribution in [0.25, 0.3) is 0 Å². The number of anilines is 1. The van der Waals surface area contributed by atoms with Crippen LogP contribution in [-0.4, -0.2) is 30.6 Å². The molecule has 2 heterocycles. The van der Waals surface area contributed by atoms with Crippen LogP contribution in [0.5, 0.6) is 5.88 Å². The summed E-state index contributed by atoms with van der Waals surface area (Å²) < 4.78 is 5.13. The van der Waals surface area contributed by atoms with Crippen LogP contribution in [0.3, 0.4) is 0 Å². The van der Waals surface area contributed by atoms with Crippen LogP contribution < -0.4 is 10.5 Å². The van der Waals surface area contributed by atoms with E-state index in [2.05, 4.69) is 16.9 Å². The van der Waals surface area contributed by atoms with Gasteiger partial charge in [0.15, 0.2) is 0 Å². The first kappa shape index (κ1) is 10.2. The molecule has 1 atom stereocenters. The largest absolute Gasteiger partial charge is 0.480 e. The predicted octanol–water partition coefficient (Wildman–Crippen LogP) is 1.44. The van der Waals surface area contributed by atoms with E-state index in [9.17, 15) is 0 Å². The molecular formula is C11H17N3O. The van der Waals surface area contributed by atoms with Gasteiger partial charge in [0, 0.05) is 0 Å². The number of likely N-dealkylation sites (tertiary alicyclic amines) is 1. The molecule has 1 saturated heterocycles. The molecule has 2 N–H and O–H groups in total. The molecule has 1 unspecified atom stereocenters. The topological polar surface area (TPSA) is 51.4 Å². The Morgan fingerprint density at radius 2 is 2.33 bits per heavy atom. The Labute approximate surface area is 90.0 Å². The van der Waals surface area contributed by atoms with Gasteiger partial charge in [0.25, 0.3) is 0 Å². The molecule has 1 aromatic heterocycles. The molecule has 4 heteroatoms. The molecule has 82 valence electrons. The third-order valence-corrected chi connectivity index (χ3v) is 2.97. The summed E-state index contributed by atoms with van der Waals surface area (Å²) in [6.45, 7) is 1.14. The van der Waals surface area contributed by atoms with Crippen molar-refractivity contribution in [1.82, 2.24) is 9.88 Å². The first-order valence-electron chi connectivity index (χ1n) is 5.23. The summed E-state index contributed by atoms with van der Waals surface area (Å²) in [6.07, 6.45) is 2.39. The molecule has 15 heavy (non-hydrogen) atoms. The Morgan fingerprint density at radius 1 is 1.53 bits per heavy atom. The van der Waals surface area contributed by atoms with E-state index in [1.807, 2.05) is 12.1 Å². The third-order valence-electron chi connectivity index (χ3n) is 2.97. The average molecular weight is 207 g/mol. The minimum Gasteiger partial charge on any atom is -0.480 e. The number of hydrogen-bond acceptors (Lipinski definition) is 4. The summed E-state index contributed by atoms with van der Waals surface area (Å²) >= 11 is 0. The Kier molecular flexibility index (Phi) is 2.77. The molecule has 0 spiro atoms. The van der Waals surface area contributed by atoms with Crippen molar-refractivity contribution in [3.63, 3.8) is 0 Å². The number of ether oxygens (including phenoxy) is 1. The van der Waals surface area contributed by atoms with Crippen LogP contribution in [-0.2, 0) is 0 Å². The fourth-order valence-corrected chi connectivity index (χ4v) is 2.10. The monoisotopic (exact) mass is 207 g/mol. The van der Waals surface area contributed by atoms with E-state index in [-0.39, 0.29) is 0 Å². The highest BCUT2D eigenvalue weighted by Gasteiger charge is 2.24. The first-order chi connectivity index (χ1) is 7.22. The number of hydrogen-bond donors (Lipinski definition) is 1. The number of nitrogens with two attached hydrogens (primary N) is 1.